The number of aromatic carboxylic acids is 1. The summed E-state index contributed by atoms with van der Waals surface area (Å²) in [4.78, 5) is 22.8. The number of benzene rings is 1. The van der Waals surface area contributed by atoms with E-state index in [0.717, 1.165) is 5.56 Å². The zero-order chi connectivity index (χ0) is 24.3. The summed E-state index contributed by atoms with van der Waals surface area (Å²) in [5.41, 5.74) is 2.69. The molecular formula is C25H20F2N6O2. The summed E-state index contributed by atoms with van der Waals surface area (Å²) >= 11 is 0. The highest BCUT2D eigenvalue weighted by Crippen LogP contribution is 2.54. The van der Waals surface area contributed by atoms with E-state index < -0.39 is 17.9 Å². The highest BCUT2D eigenvalue weighted by molar-refractivity contribution is 5.97. The number of anilines is 1. The van der Waals surface area contributed by atoms with Gasteiger partial charge in [-0.2, -0.15) is 9.61 Å². The fourth-order valence-electron chi connectivity index (χ4n) is 4.47. The quantitative estimate of drug-likeness (QED) is 0.385. The standard InChI is InChI=1S/C25H20F2N6O2/c1-31(13-15-6-3-2-4-7-15)21-10-19(30-23-17(24(34)35)12-29-33(21)23)18-14-32(20-11-25(20,26)27)22-16(18)8-5-9-28-22/h2-10,12,14,20H,11,13H2,1H3,(H,34,35)/t20-/m1/s1. The molecule has 10 heteroatoms. The molecule has 8 nitrogen and oxygen atoms in total. The normalized spacial score (nSPS) is 16.6. The molecule has 35 heavy (non-hydrogen) atoms. The van der Waals surface area contributed by atoms with E-state index in [0.29, 0.717) is 34.7 Å². The van der Waals surface area contributed by atoms with Crippen LogP contribution in [0.25, 0.3) is 27.9 Å². The lowest BCUT2D eigenvalue weighted by atomic mass is 10.1. The second kappa shape index (κ2) is 7.59. The number of fused-ring (bicyclic) bond motifs is 2. The zero-order valence-electron chi connectivity index (χ0n) is 18.6. The molecular weight excluding hydrogens is 454 g/mol. The molecule has 0 radical (unpaired) electrons. The van der Waals surface area contributed by atoms with Gasteiger partial charge in [-0.25, -0.2) is 23.5 Å². The van der Waals surface area contributed by atoms with Crippen LogP contribution >= 0.6 is 0 Å². The Morgan fingerprint density at radius 3 is 2.69 bits per heavy atom. The lowest BCUT2D eigenvalue weighted by Gasteiger charge is -2.21. The molecule has 0 bridgehead atoms. The zero-order valence-corrected chi connectivity index (χ0v) is 18.6. The van der Waals surface area contributed by atoms with E-state index in [1.54, 1.807) is 24.5 Å². The fourth-order valence-corrected chi connectivity index (χ4v) is 4.47. The highest BCUT2D eigenvalue weighted by atomic mass is 19.3. The number of hydrogen-bond acceptors (Lipinski definition) is 5. The number of hydrogen-bond donors (Lipinski definition) is 1. The summed E-state index contributed by atoms with van der Waals surface area (Å²) in [6, 6.07) is 14.2. The molecule has 1 aliphatic rings. The number of pyridine rings is 1. The number of halogens is 2. The largest absolute Gasteiger partial charge is 0.477 e. The maximum atomic E-state index is 14.0. The van der Waals surface area contributed by atoms with Crippen molar-refractivity contribution >= 4 is 28.5 Å². The van der Waals surface area contributed by atoms with Crippen molar-refractivity contribution in [3.63, 3.8) is 0 Å². The first kappa shape index (κ1) is 21.2. The summed E-state index contributed by atoms with van der Waals surface area (Å²) in [6.45, 7) is 0.541. The Kier molecular flexibility index (Phi) is 4.60. The molecule has 1 atom stereocenters. The van der Waals surface area contributed by atoms with Gasteiger partial charge in [0.05, 0.1) is 11.9 Å². The Hall–Kier alpha value is -4.34. The fraction of sp³-hybridized carbons (Fsp3) is 0.200. The maximum Gasteiger partial charge on any atom is 0.341 e. The third kappa shape index (κ3) is 3.49. The molecule has 1 aromatic carbocycles. The Morgan fingerprint density at radius 1 is 1.20 bits per heavy atom. The molecule has 176 valence electrons. The van der Waals surface area contributed by atoms with E-state index >= 15 is 0 Å². The van der Waals surface area contributed by atoms with Crippen LogP contribution in [0.1, 0.15) is 28.4 Å². The Morgan fingerprint density at radius 2 is 1.97 bits per heavy atom. The van der Waals surface area contributed by atoms with Gasteiger partial charge in [-0.05, 0) is 17.7 Å². The molecule has 0 amide bonds. The van der Waals surface area contributed by atoms with Gasteiger partial charge in [0.25, 0.3) is 5.92 Å². The number of carbonyl (C=O) groups is 1. The first-order valence-corrected chi connectivity index (χ1v) is 11.0. The van der Waals surface area contributed by atoms with Crippen molar-refractivity contribution in [2.24, 2.45) is 0 Å². The van der Waals surface area contributed by atoms with Crippen LogP contribution < -0.4 is 4.90 Å². The SMILES string of the molecule is CN(Cc1ccccc1)c1cc(-c2cn([C@@H]3CC3(F)F)c3ncccc23)nc2c(C(=O)O)cnn12. The van der Waals surface area contributed by atoms with Crippen LogP contribution in [0.3, 0.4) is 0 Å². The van der Waals surface area contributed by atoms with Gasteiger partial charge in [0.1, 0.15) is 23.1 Å². The smallest absolute Gasteiger partial charge is 0.341 e. The number of rotatable bonds is 6. The predicted molar refractivity (Wildman–Crippen MR) is 126 cm³/mol. The van der Waals surface area contributed by atoms with Gasteiger partial charge < -0.3 is 14.6 Å². The minimum absolute atomic E-state index is 0.0446. The molecule has 1 aliphatic carbocycles. The van der Waals surface area contributed by atoms with Gasteiger partial charge in [0, 0.05) is 49.4 Å². The van der Waals surface area contributed by atoms with Crippen molar-refractivity contribution < 1.29 is 18.7 Å². The number of alkyl halides is 2. The second-order valence-electron chi connectivity index (χ2n) is 8.75. The maximum absolute atomic E-state index is 14.0. The van der Waals surface area contributed by atoms with Crippen LogP contribution in [0.4, 0.5) is 14.6 Å². The van der Waals surface area contributed by atoms with Crippen LogP contribution in [0.2, 0.25) is 0 Å². The van der Waals surface area contributed by atoms with E-state index in [1.807, 2.05) is 48.3 Å². The van der Waals surface area contributed by atoms with Gasteiger partial charge in [-0.15, -0.1) is 0 Å². The first-order chi connectivity index (χ1) is 16.8. The molecule has 1 N–H and O–H groups in total. The lowest BCUT2D eigenvalue weighted by Crippen LogP contribution is -2.20. The van der Waals surface area contributed by atoms with Gasteiger partial charge in [-0.3, -0.25) is 0 Å². The third-order valence-electron chi connectivity index (χ3n) is 6.33. The van der Waals surface area contributed by atoms with Crippen LogP contribution in [-0.2, 0) is 6.54 Å². The van der Waals surface area contributed by atoms with Crippen LogP contribution in [0.15, 0.2) is 67.1 Å². The second-order valence-corrected chi connectivity index (χ2v) is 8.75. The lowest BCUT2D eigenvalue weighted by molar-refractivity contribution is 0.0698. The van der Waals surface area contributed by atoms with Crippen molar-refractivity contribution in [1.29, 1.82) is 0 Å². The van der Waals surface area contributed by atoms with E-state index in [1.165, 1.54) is 15.3 Å². The highest BCUT2D eigenvalue weighted by Gasteiger charge is 2.58. The summed E-state index contributed by atoms with van der Waals surface area (Å²) in [7, 11) is 1.88. The minimum Gasteiger partial charge on any atom is -0.477 e. The average molecular weight is 474 g/mol. The molecule has 1 saturated carbocycles. The molecule has 0 unspecified atom stereocenters. The summed E-state index contributed by atoms with van der Waals surface area (Å²) < 4.78 is 30.9. The van der Waals surface area contributed by atoms with E-state index in [-0.39, 0.29) is 17.6 Å². The van der Waals surface area contributed by atoms with Crippen molar-refractivity contribution in [1.82, 2.24) is 24.1 Å². The molecule has 0 spiro atoms. The predicted octanol–water partition coefficient (Wildman–Crippen LogP) is 4.66. The summed E-state index contributed by atoms with van der Waals surface area (Å²) in [6.07, 6.45) is 4.23. The number of carboxylic acid groups (broad SMARTS) is 1. The van der Waals surface area contributed by atoms with E-state index in [9.17, 15) is 18.7 Å². The van der Waals surface area contributed by atoms with Gasteiger partial charge >= 0.3 is 5.97 Å². The summed E-state index contributed by atoms with van der Waals surface area (Å²) in [5.74, 6) is -3.31. The molecule has 5 aromatic rings. The van der Waals surface area contributed by atoms with Gasteiger partial charge in [0.2, 0.25) is 0 Å². The van der Waals surface area contributed by atoms with Crippen LogP contribution in [-0.4, -0.2) is 48.2 Å². The first-order valence-electron chi connectivity index (χ1n) is 11.0. The molecule has 4 heterocycles. The van der Waals surface area contributed by atoms with Crippen LogP contribution in [0.5, 0.6) is 0 Å². The van der Waals surface area contributed by atoms with Crippen molar-refractivity contribution in [2.45, 2.75) is 24.9 Å². The average Bonchev–Trinajstić information content (AvgIpc) is 3.17. The van der Waals surface area contributed by atoms with Gasteiger partial charge in [-0.1, -0.05) is 30.3 Å². The molecule has 0 aliphatic heterocycles. The van der Waals surface area contributed by atoms with E-state index in [2.05, 4.69) is 15.1 Å². The van der Waals surface area contributed by atoms with Crippen LogP contribution in [0, 0.1) is 0 Å². The Labute approximate surface area is 198 Å². The number of nitrogens with zero attached hydrogens (tertiary/aromatic N) is 6. The Bertz CT molecular complexity index is 1590. The van der Waals surface area contributed by atoms with Crippen molar-refractivity contribution in [2.75, 3.05) is 11.9 Å². The van der Waals surface area contributed by atoms with E-state index in [4.69, 9.17) is 0 Å². The molecule has 1 fully saturated rings. The third-order valence-corrected chi connectivity index (χ3v) is 6.33. The molecule has 4 aromatic heterocycles. The van der Waals surface area contributed by atoms with Crippen molar-refractivity contribution in [3.8, 4) is 11.3 Å². The number of carboxylic acids is 1. The number of aromatic nitrogens is 5. The molecule has 0 saturated heterocycles. The summed E-state index contributed by atoms with van der Waals surface area (Å²) in [5, 5.41) is 14.7. The monoisotopic (exact) mass is 474 g/mol. The van der Waals surface area contributed by atoms with Gasteiger partial charge in [0.15, 0.2) is 5.65 Å². The van der Waals surface area contributed by atoms with Crippen molar-refractivity contribution in [3.05, 3.63) is 78.2 Å². The molecule has 6 rings (SSSR count). The Balaban J connectivity index is 1.55. The topological polar surface area (TPSA) is 88.5 Å². The minimum atomic E-state index is -2.78.